The molecule has 0 saturated heterocycles. The van der Waals surface area contributed by atoms with Crippen LogP contribution in [-0.2, 0) is 14.0 Å². The number of carbonyl (C=O) groups is 1. The molecule has 4 aliphatic carbocycles. The highest BCUT2D eigenvalue weighted by Gasteiger charge is 2.62. The fourth-order valence-corrected chi connectivity index (χ4v) is 10.4. The Balaban J connectivity index is 1.54. The van der Waals surface area contributed by atoms with E-state index in [0.29, 0.717) is 35.6 Å². The molecule has 3 unspecified atom stereocenters. The second-order valence-corrected chi connectivity index (χ2v) is 20.7. The number of ether oxygens (including phenoxy) is 1. The van der Waals surface area contributed by atoms with Crippen LogP contribution in [0.2, 0.25) is 18.1 Å². The van der Waals surface area contributed by atoms with E-state index in [2.05, 4.69) is 80.6 Å². The predicted molar refractivity (Wildman–Crippen MR) is 161 cm³/mol. The van der Waals surface area contributed by atoms with Gasteiger partial charge in [-0.1, -0.05) is 67.0 Å². The number of Topliss-reactive ketones (excluding diaryl/α,β-unsaturated/α-hetero) is 1. The van der Waals surface area contributed by atoms with Crippen molar-refractivity contribution in [2.45, 2.75) is 131 Å². The summed E-state index contributed by atoms with van der Waals surface area (Å²) in [5.74, 6) is 4.19. The van der Waals surface area contributed by atoms with Crippen molar-refractivity contribution < 1.29 is 14.0 Å². The maximum absolute atomic E-state index is 13.7. The van der Waals surface area contributed by atoms with Crippen molar-refractivity contribution >= 4 is 14.1 Å². The van der Waals surface area contributed by atoms with Gasteiger partial charge in [0.1, 0.15) is 5.78 Å². The summed E-state index contributed by atoms with van der Waals surface area (Å²) < 4.78 is 12.8. The van der Waals surface area contributed by atoms with E-state index in [4.69, 9.17) is 9.16 Å². The maximum Gasteiger partial charge on any atom is 0.192 e. The second-order valence-electron chi connectivity index (χ2n) is 15.9. The molecule has 216 valence electrons. The zero-order valence-electron chi connectivity index (χ0n) is 26.6. The van der Waals surface area contributed by atoms with Gasteiger partial charge in [0.15, 0.2) is 8.32 Å². The molecule has 3 nitrogen and oxygen atoms in total. The Morgan fingerprint density at radius 1 is 1.11 bits per heavy atom. The van der Waals surface area contributed by atoms with Gasteiger partial charge in [-0.15, -0.1) is 0 Å². The maximum atomic E-state index is 13.7. The lowest BCUT2D eigenvalue weighted by atomic mass is 9.47. The number of hydrogen-bond donors (Lipinski definition) is 0. The van der Waals surface area contributed by atoms with Gasteiger partial charge in [-0.2, -0.15) is 0 Å². The van der Waals surface area contributed by atoms with E-state index in [1.54, 1.807) is 12.7 Å². The normalized spacial score (nSPS) is 38.8. The third-order valence-corrected chi connectivity index (χ3v) is 16.8. The quantitative estimate of drug-likeness (QED) is 0.183. The van der Waals surface area contributed by atoms with Crippen LogP contribution in [0.25, 0.3) is 0 Å². The van der Waals surface area contributed by atoms with Gasteiger partial charge in [0.05, 0.1) is 12.9 Å². The molecular weight excluding hydrogens is 484 g/mol. The van der Waals surface area contributed by atoms with Crippen LogP contribution in [0.5, 0.6) is 0 Å². The van der Waals surface area contributed by atoms with Crippen LogP contribution in [0.4, 0.5) is 0 Å². The number of hydrogen-bond acceptors (Lipinski definition) is 3. The van der Waals surface area contributed by atoms with E-state index in [0.717, 1.165) is 31.4 Å². The van der Waals surface area contributed by atoms with Gasteiger partial charge >= 0.3 is 0 Å². The minimum atomic E-state index is -1.77. The highest BCUT2D eigenvalue weighted by Crippen LogP contribution is 2.67. The molecule has 4 rings (SSSR count). The molecule has 4 aliphatic rings. The monoisotopic (exact) mass is 542 g/mol. The molecule has 3 saturated carbocycles. The lowest BCUT2D eigenvalue weighted by Crippen LogP contribution is -2.52. The molecule has 4 heteroatoms. The number of ketones is 1. The smallest absolute Gasteiger partial charge is 0.192 e. The summed E-state index contributed by atoms with van der Waals surface area (Å²) in [5.41, 5.74) is 2.03. The molecule has 0 spiro atoms. The SMILES string of the molecule is CO/C(=C\CC(C)C)C(C)C1C(=O)C[C@H]2[C@@H]3CC=C4CC(O[Si](C)(C)C(C)(C)C)CC[C@]4(C)[C@H]3CC[C@]12C. The fraction of sp³-hybridized carbons (Fsp3) is 0.853. The number of carbonyl (C=O) groups excluding carboxylic acids is 1. The molecule has 0 aliphatic heterocycles. The first-order chi connectivity index (χ1) is 17.5. The van der Waals surface area contributed by atoms with Crippen LogP contribution < -0.4 is 0 Å². The van der Waals surface area contributed by atoms with E-state index in [1.807, 2.05) is 0 Å². The third kappa shape index (κ3) is 5.15. The van der Waals surface area contributed by atoms with E-state index in [1.165, 1.54) is 25.7 Å². The van der Waals surface area contributed by atoms with Gasteiger partial charge in [-0.25, -0.2) is 0 Å². The predicted octanol–water partition coefficient (Wildman–Crippen LogP) is 9.35. The van der Waals surface area contributed by atoms with Crippen LogP contribution in [0.15, 0.2) is 23.5 Å². The number of methoxy groups -OCH3 is 1. The van der Waals surface area contributed by atoms with Gasteiger partial charge < -0.3 is 9.16 Å². The molecule has 0 bridgehead atoms. The van der Waals surface area contributed by atoms with E-state index in [9.17, 15) is 4.79 Å². The highest BCUT2D eigenvalue weighted by molar-refractivity contribution is 6.74. The van der Waals surface area contributed by atoms with Gasteiger partial charge in [0, 0.05) is 24.4 Å². The van der Waals surface area contributed by atoms with Crippen molar-refractivity contribution in [2.24, 2.45) is 46.3 Å². The summed E-state index contributed by atoms with van der Waals surface area (Å²) in [7, 11) is 0.0238. The summed E-state index contributed by atoms with van der Waals surface area (Å²) in [6.45, 7) is 23.6. The summed E-state index contributed by atoms with van der Waals surface area (Å²) in [4.78, 5) is 13.7. The van der Waals surface area contributed by atoms with Crippen molar-refractivity contribution in [1.82, 2.24) is 0 Å². The van der Waals surface area contributed by atoms with E-state index >= 15 is 0 Å². The van der Waals surface area contributed by atoms with Gasteiger partial charge in [-0.3, -0.25) is 4.79 Å². The Morgan fingerprint density at radius 3 is 2.39 bits per heavy atom. The van der Waals surface area contributed by atoms with Crippen LogP contribution >= 0.6 is 0 Å². The minimum absolute atomic E-state index is 0.0808. The molecule has 0 aromatic rings. The zero-order chi connectivity index (χ0) is 28.3. The average molecular weight is 543 g/mol. The summed E-state index contributed by atoms with van der Waals surface area (Å²) in [6, 6.07) is 0. The van der Waals surface area contributed by atoms with Crippen molar-refractivity contribution in [2.75, 3.05) is 7.11 Å². The summed E-state index contributed by atoms with van der Waals surface area (Å²) in [6.07, 6.45) is 14.1. The number of fused-ring (bicyclic) bond motifs is 5. The molecule has 0 amide bonds. The van der Waals surface area contributed by atoms with Crippen LogP contribution in [0.3, 0.4) is 0 Å². The Hall–Kier alpha value is -0.873. The topological polar surface area (TPSA) is 35.5 Å². The van der Waals surface area contributed by atoms with Crippen LogP contribution in [-0.4, -0.2) is 27.3 Å². The van der Waals surface area contributed by atoms with E-state index in [-0.39, 0.29) is 27.7 Å². The zero-order valence-corrected chi connectivity index (χ0v) is 27.6. The molecule has 38 heavy (non-hydrogen) atoms. The standard InChI is InChI=1S/C34H58O3Si/c1-22(2)12-15-30(36-9)23(3)31-29(35)21-28-26-14-13-24-20-25(37-38(10,11)32(4,5)6)16-18-33(24,7)27(26)17-19-34(28,31)8/h13,15,22-23,25-28,31H,12,14,16-21H2,1-11H3/b30-15-/t23?,25?,26-,27+,28+,31?,33+,34+/m1/s1. The minimum Gasteiger partial charge on any atom is -0.501 e. The molecule has 3 fully saturated rings. The molecule has 0 N–H and O–H groups in total. The van der Waals surface area contributed by atoms with E-state index < -0.39 is 8.32 Å². The summed E-state index contributed by atoms with van der Waals surface area (Å²) in [5, 5.41) is 0.253. The Morgan fingerprint density at radius 2 is 1.79 bits per heavy atom. The van der Waals surface area contributed by atoms with Crippen LogP contribution in [0.1, 0.15) is 107 Å². The number of rotatable bonds is 7. The van der Waals surface area contributed by atoms with Crippen molar-refractivity contribution in [3.63, 3.8) is 0 Å². The van der Waals surface area contributed by atoms with Crippen LogP contribution in [0, 0.1) is 46.3 Å². The molecule has 0 aromatic heterocycles. The molecule has 0 heterocycles. The third-order valence-electron chi connectivity index (χ3n) is 12.2. The lowest BCUT2D eigenvalue weighted by Gasteiger charge is -2.58. The largest absolute Gasteiger partial charge is 0.501 e. The van der Waals surface area contributed by atoms with Gasteiger partial charge in [0.2, 0.25) is 0 Å². The Bertz CT molecular complexity index is 955. The van der Waals surface area contributed by atoms with Crippen molar-refractivity contribution in [3.8, 4) is 0 Å². The Labute approximate surface area is 235 Å². The first kappa shape index (κ1) is 30.1. The summed E-state index contributed by atoms with van der Waals surface area (Å²) >= 11 is 0. The number of allylic oxidation sites excluding steroid dienone is 3. The average Bonchev–Trinajstić information content (AvgIpc) is 3.08. The second kappa shape index (κ2) is 10.5. The first-order valence-corrected chi connectivity index (χ1v) is 18.6. The van der Waals surface area contributed by atoms with Crippen molar-refractivity contribution in [3.05, 3.63) is 23.5 Å². The molecular formula is C34H58O3Si. The lowest BCUT2D eigenvalue weighted by molar-refractivity contribution is -0.124. The van der Waals surface area contributed by atoms with Crippen molar-refractivity contribution in [1.29, 1.82) is 0 Å². The molecule has 0 radical (unpaired) electrons. The molecule has 8 atom stereocenters. The first-order valence-electron chi connectivity index (χ1n) is 15.7. The Kier molecular flexibility index (Phi) is 8.32. The molecule has 0 aromatic carbocycles. The van der Waals surface area contributed by atoms with Gasteiger partial charge in [-0.05, 0) is 104 Å². The fourth-order valence-electron chi connectivity index (χ4n) is 8.97. The van der Waals surface area contributed by atoms with Gasteiger partial charge in [0.25, 0.3) is 0 Å². The highest BCUT2D eigenvalue weighted by atomic mass is 28.4.